The van der Waals surface area contributed by atoms with Crippen molar-refractivity contribution in [2.75, 3.05) is 6.54 Å². The van der Waals surface area contributed by atoms with Crippen LogP contribution < -0.4 is 5.32 Å². The minimum absolute atomic E-state index is 0.118. The predicted octanol–water partition coefficient (Wildman–Crippen LogP) is 4.18. The summed E-state index contributed by atoms with van der Waals surface area (Å²) in [4.78, 5) is 11.3. The summed E-state index contributed by atoms with van der Waals surface area (Å²) in [5, 5.41) is 7.24. The molecular weight excluding hydrogens is 266 g/mol. The lowest BCUT2D eigenvalue weighted by atomic mass is 9.99. The van der Waals surface area contributed by atoms with Crippen molar-refractivity contribution >= 4 is 22.8 Å². The summed E-state index contributed by atoms with van der Waals surface area (Å²) in [5.41, 5.74) is 3.86. The molecule has 1 aliphatic rings. The SMILES string of the molecule is CCC(=O)NCC(C)C1=CCC=C(c2ccsc2)C=C1. The summed E-state index contributed by atoms with van der Waals surface area (Å²) >= 11 is 1.72. The van der Waals surface area contributed by atoms with Crippen LogP contribution in [0.2, 0.25) is 0 Å². The van der Waals surface area contributed by atoms with E-state index in [4.69, 9.17) is 0 Å². The molecule has 0 spiro atoms. The third kappa shape index (κ3) is 3.94. The van der Waals surface area contributed by atoms with Crippen LogP contribution in [0.1, 0.15) is 32.3 Å². The van der Waals surface area contributed by atoms with Gasteiger partial charge in [0.1, 0.15) is 0 Å². The molecule has 0 aromatic carbocycles. The predicted molar refractivity (Wildman–Crippen MR) is 86.6 cm³/mol. The van der Waals surface area contributed by atoms with Crippen LogP contribution in [0.15, 0.2) is 46.7 Å². The van der Waals surface area contributed by atoms with Crippen LogP contribution >= 0.6 is 11.3 Å². The Morgan fingerprint density at radius 3 is 2.95 bits per heavy atom. The zero-order valence-electron chi connectivity index (χ0n) is 12.1. The standard InChI is InChI=1S/C17H21NOS/c1-3-17(19)18-11-13(2)14-5-4-6-15(8-7-14)16-9-10-20-12-16/h5-10,12-13H,3-4,11H2,1-2H3,(H,18,19). The zero-order valence-corrected chi connectivity index (χ0v) is 12.9. The Balaban J connectivity index is 1.97. The summed E-state index contributed by atoms with van der Waals surface area (Å²) < 4.78 is 0. The average molecular weight is 287 g/mol. The van der Waals surface area contributed by atoms with Crippen LogP contribution in [0, 0.1) is 5.92 Å². The smallest absolute Gasteiger partial charge is 0.219 e. The molecule has 0 aliphatic heterocycles. The number of rotatable bonds is 5. The van der Waals surface area contributed by atoms with Gasteiger partial charge in [-0.3, -0.25) is 4.79 Å². The molecule has 1 atom stereocenters. The van der Waals surface area contributed by atoms with Gasteiger partial charge in [-0.25, -0.2) is 0 Å². The zero-order chi connectivity index (χ0) is 14.4. The first-order chi connectivity index (χ1) is 9.70. The van der Waals surface area contributed by atoms with Gasteiger partial charge in [0, 0.05) is 13.0 Å². The van der Waals surface area contributed by atoms with Crippen LogP contribution in [-0.2, 0) is 4.79 Å². The summed E-state index contributed by atoms with van der Waals surface area (Å²) in [7, 11) is 0. The number of hydrogen-bond donors (Lipinski definition) is 1. The number of amides is 1. The molecule has 1 amide bonds. The van der Waals surface area contributed by atoms with Crippen LogP contribution in [0.25, 0.3) is 5.57 Å². The fourth-order valence-corrected chi connectivity index (χ4v) is 2.83. The number of carbonyl (C=O) groups is 1. The highest BCUT2D eigenvalue weighted by molar-refractivity contribution is 7.08. The highest BCUT2D eigenvalue weighted by atomic mass is 32.1. The maximum Gasteiger partial charge on any atom is 0.219 e. The lowest BCUT2D eigenvalue weighted by Gasteiger charge is -2.13. The molecule has 1 aliphatic carbocycles. The van der Waals surface area contributed by atoms with Gasteiger partial charge in [0.25, 0.3) is 0 Å². The molecule has 1 unspecified atom stereocenters. The van der Waals surface area contributed by atoms with E-state index < -0.39 is 0 Å². The molecule has 1 aromatic heterocycles. The van der Waals surface area contributed by atoms with E-state index in [1.54, 1.807) is 11.3 Å². The summed E-state index contributed by atoms with van der Waals surface area (Å²) in [6.07, 6.45) is 10.4. The highest BCUT2D eigenvalue weighted by Gasteiger charge is 2.09. The largest absolute Gasteiger partial charge is 0.356 e. The van der Waals surface area contributed by atoms with E-state index in [-0.39, 0.29) is 5.91 Å². The molecule has 2 nitrogen and oxygen atoms in total. The van der Waals surface area contributed by atoms with Crippen molar-refractivity contribution in [1.29, 1.82) is 0 Å². The van der Waals surface area contributed by atoms with E-state index in [2.05, 4.69) is 53.4 Å². The maximum atomic E-state index is 11.3. The molecular formula is C17H21NOS. The molecule has 0 saturated heterocycles. The lowest BCUT2D eigenvalue weighted by Crippen LogP contribution is -2.27. The van der Waals surface area contributed by atoms with Gasteiger partial charge in [-0.2, -0.15) is 11.3 Å². The number of carbonyl (C=O) groups excluding carboxylic acids is 1. The van der Waals surface area contributed by atoms with Crippen molar-refractivity contribution in [3.05, 3.63) is 52.3 Å². The van der Waals surface area contributed by atoms with Crippen molar-refractivity contribution in [1.82, 2.24) is 5.32 Å². The van der Waals surface area contributed by atoms with Crippen molar-refractivity contribution in [3.8, 4) is 0 Å². The Labute approximate surface area is 124 Å². The summed E-state index contributed by atoms with van der Waals surface area (Å²) in [5.74, 6) is 0.462. The monoisotopic (exact) mass is 287 g/mol. The normalized spacial score (nSPS) is 16.1. The van der Waals surface area contributed by atoms with E-state index >= 15 is 0 Å². The highest BCUT2D eigenvalue weighted by Crippen LogP contribution is 2.24. The second-order valence-electron chi connectivity index (χ2n) is 5.00. The van der Waals surface area contributed by atoms with E-state index in [1.807, 2.05) is 6.92 Å². The minimum atomic E-state index is 0.118. The van der Waals surface area contributed by atoms with Gasteiger partial charge in [-0.1, -0.05) is 38.2 Å². The maximum absolute atomic E-state index is 11.3. The first kappa shape index (κ1) is 14.8. The average Bonchev–Trinajstić information content (AvgIpc) is 2.89. The van der Waals surface area contributed by atoms with Crippen molar-refractivity contribution < 1.29 is 4.79 Å². The van der Waals surface area contributed by atoms with Gasteiger partial charge in [-0.05, 0) is 45.9 Å². The van der Waals surface area contributed by atoms with Gasteiger partial charge < -0.3 is 5.32 Å². The molecule has 1 aromatic rings. The van der Waals surface area contributed by atoms with Gasteiger partial charge in [0.05, 0.1) is 0 Å². The number of nitrogens with one attached hydrogen (secondary N) is 1. The summed E-state index contributed by atoms with van der Waals surface area (Å²) in [6.45, 7) is 4.74. The second kappa shape index (κ2) is 7.25. The first-order valence-electron chi connectivity index (χ1n) is 7.08. The molecule has 0 bridgehead atoms. The van der Waals surface area contributed by atoms with Crippen LogP contribution in [0.4, 0.5) is 0 Å². The Hall–Kier alpha value is -1.61. The lowest BCUT2D eigenvalue weighted by molar-refractivity contribution is -0.120. The Kier molecular flexibility index (Phi) is 5.36. The van der Waals surface area contributed by atoms with Crippen LogP contribution in [-0.4, -0.2) is 12.5 Å². The van der Waals surface area contributed by atoms with E-state index in [0.29, 0.717) is 18.9 Å². The van der Waals surface area contributed by atoms with E-state index in [9.17, 15) is 4.79 Å². The quantitative estimate of drug-likeness (QED) is 0.865. The first-order valence-corrected chi connectivity index (χ1v) is 8.02. The molecule has 106 valence electrons. The Morgan fingerprint density at radius 2 is 2.25 bits per heavy atom. The van der Waals surface area contributed by atoms with Crippen molar-refractivity contribution in [2.24, 2.45) is 5.92 Å². The van der Waals surface area contributed by atoms with E-state index in [1.165, 1.54) is 16.7 Å². The molecule has 0 radical (unpaired) electrons. The van der Waals surface area contributed by atoms with E-state index in [0.717, 1.165) is 6.42 Å². The number of thiophene rings is 1. The number of hydrogen-bond acceptors (Lipinski definition) is 2. The molecule has 1 heterocycles. The fourth-order valence-electron chi connectivity index (χ4n) is 2.16. The topological polar surface area (TPSA) is 29.1 Å². The summed E-state index contributed by atoms with van der Waals surface area (Å²) in [6, 6.07) is 2.15. The van der Waals surface area contributed by atoms with Gasteiger partial charge in [0.2, 0.25) is 5.91 Å². The minimum Gasteiger partial charge on any atom is -0.356 e. The molecule has 2 rings (SSSR count). The third-order valence-corrected chi connectivity index (χ3v) is 4.18. The van der Waals surface area contributed by atoms with Gasteiger partial charge >= 0.3 is 0 Å². The molecule has 3 heteroatoms. The Morgan fingerprint density at radius 1 is 1.40 bits per heavy atom. The van der Waals surface area contributed by atoms with Crippen LogP contribution in [0.3, 0.4) is 0 Å². The van der Waals surface area contributed by atoms with Gasteiger partial charge in [0.15, 0.2) is 0 Å². The molecule has 20 heavy (non-hydrogen) atoms. The molecule has 0 fully saturated rings. The Bertz CT molecular complexity index is 537. The van der Waals surface area contributed by atoms with Crippen LogP contribution in [0.5, 0.6) is 0 Å². The molecule has 0 saturated carbocycles. The second-order valence-corrected chi connectivity index (χ2v) is 5.78. The number of allylic oxidation sites excluding steroid dienone is 5. The molecule has 1 N–H and O–H groups in total. The van der Waals surface area contributed by atoms with Crippen molar-refractivity contribution in [2.45, 2.75) is 26.7 Å². The van der Waals surface area contributed by atoms with Crippen molar-refractivity contribution in [3.63, 3.8) is 0 Å². The fraction of sp³-hybridized carbons (Fsp3) is 0.353. The third-order valence-electron chi connectivity index (χ3n) is 3.50. The van der Waals surface area contributed by atoms with Gasteiger partial charge in [-0.15, -0.1) is 0 Å².